The molecule has 0 atom stereocenters. The Balaban J connectivity index is 1.93. The molecule has 168 valence electrons. The van der Waals surface area contributed by atoms with Gasteiger partial charge in [0, 0.05) is 22.7 Å². The summed E-state index contributed by atoms with van der Waals surface area (Å²) in [7, 11) is 0. The minimum Gasteiger partial charge on any atom is -0.364 e. The zero-order valence-corrected chi connectivity index (χ0v) is 16.4. The van der Waals surface area contributed by atoms with Gasteiger partial charge in [-0.15, -0.1) is 0 Å². The van der Waals surface area contributed by atoms with Gasteiger partial charge in [-0.3, -0.25) is 4.79 Å². The molecule has 0 fully saturated rings. The molecule has 0 bridgehead atoms. The molecule has 2 heterocycles. The standard InChI is InChI=1S/C22H12F6N4O/c23-15-8-5-12(10-16(24)20(29)33)17(25)19(15)32-21-14(2-1-9-30-21)18(31-32)11-3-6-13(7-4-11)22(26,27)28/h1-10H,(H2,29,33). The molecule has 33 heavy (non-hydrogen) atoms. The molecule has 0 aliphatic heterocycles. The number of hydrogen-bond donors (Lipinski definition) is 1. The molecule has 4 aromatic rings. The average molecular weight is 462 g/mol. The summed E-state index contributed by atoms with van der Waals surface area (Å²) >= 11 is 0. The summed E-state index contributed by atoms with van der Waals surface area (Å²) in [6, 6.07) is 8.87. The van der Waals surface area contributed by atoms with Gasteiger partial charge in [-0.2, -0.15) is 18.3 Å². The Morgan fingerprint density at radius 3 is 2.36 bits per heavy atom. The van der Waals surface area contributed by atoms with E-state index in [9.17, 15) is 26.7 Å². The lowest BCUT2D eigenvalue weighted by Gasteiger charge is -2.08. The molecule has 0 aliphatic carbocycles. The van der Waals surface area contributed by atoms with Crippen molar-refractivity contribution in [3.63, 3.8) is 0 Å². The molecule has 1 amide bonds. The van der Waals surface area contributed by atoms with Crippen LogP contribution in [0.15, 0.2) is 60.6 Å². The number of nitrogens with two attached hydrogens (primary N) is 1. The quantitative estimate of drug-likeness (QED) is 0.336. The summed E-state index contributed by atoms with van der Waals surface area (Å²) in [5.41, 5.74) is 3.12. The lowest BCUT2D eigenvalue weighted by atomic mass is 10.1. The second-order valence-corrected chi connectivity index (χ2v) is 6.87. The number of hydrogen-bond acceptors (Lipinski definition) is 3. The normalized spacial score (nSPS) is 12.4. The Morgan fingerprint density at radius 1 is 1.03 bits per heavy atom. The summed E-state index contributed by atoms with van der Waals surface area (Å²) in [5, 5.41) is 4.49. The van der Waals surface area contributed by atoms with E-state index in [0.717, 1.165) is 28.9 Å². The molecule has 0 saturated carbocycles. The molecule has 0 aliphatic rings. The largest absolute Gasteiger partial charge is 0.416 e. The lowest BCUT2D eigenvalue weighted by molar-refractivity contribution is -0.137. The van der Waals surface area contributed by atoms with Crippen LogP contribution in [0.25, 0.3) is 34.1 Å². The van der Waals surface area contributed by atoms with Crippen LogP contribution in [-0.4, -0.2) is 20.7 Å². The topological polar surface area (TPSA) is 73.8 Å². The van der Waals surface area contributed by atoms with E-state index in [0.29, 0.717) is 11.5 Å². The van der Waals surface area contributed by atoms with Gasteiger partial charge in [0.15, 0.2) is 23.1 Å². The molecule has 0 radical (unpaired) electrons. The number of aromatic nitrogens is 3. The van der Waals surface area contributed by atoms with Crippen LogP contribution in [0, 0.1) is 11.6 Å². The molecule has 0 saturated heterocycles. The summed E-state index contributed by atoms with van der Waals surface area (Å²) in [5.74, 6) is -5.20. The molecule has 2 N–H and O–H groups in total. The minimum absolute atomic E-state index is 0.00157. The maximum absolute atomic E-state index is 15.1. The van der Waals surface area contributed by atoms with Crippen LogP contribution in [0.5, 0.6) is 0 Å². The van der Waals surface area contributed by atoms with Gasteiger partial charge in [-0.1, -0.05) is 12.1 Å². The third kappa shape index (κ3) is 4.04. The monoisotopic (exact) mass is 462 g/mol. The van der Waals surface area contributed by atoms with Gasteiger partial charge in [0.25, 0.3) is 5.91 Å². The maximum Gasteiger partial charge on any atom is 0.416 e. The van der Waals surface area contributed by atoms with Crippen molar-refractivity contribution in [2.45, 2.75) is 6.18 Å². The highest BCUT2D eigenvalue weighted by Crippen LogP contribution is 2.34. The third-order valence-electron chi connectivity index (χ3n) is 4.75. The van der Waals surface area contributed by atoms with Gasteiger partial charge >= 0.3 is 6.18 Å². The molecule has 0 unspecified atom stereocenters. The number of nitrogens with zero attached hydrogens (tertiary/aromatic N) is 3. The van der Waals surface area contributed by atoms with Gasteiger partial charge in [0.1, 0.15) is 11.4 Å². The highest BCUT2D eigenvalue weighted by atomic mass is 19.4. The Kier molecular flexibility index (Phi) is 5.40. The minimum atomic E-state index is -4.54. The fourth-order valence-corrected chi connectivity index (χ4v) is 3.21. The number of fused-ring (bicyclic) bond motifs is 1. The Morgan fingerprint density at radius 2 is 1.73 bits per heavy atom. The first-order valence-electron chi connectivity index (χ1n) is 9.24. The molecule has 5 nitrogen and oxygen atoms in total. The van der Waals surface area contributed by atoms with Crippen molar-refractivity contribution < 1.29 is 31.1 Å². The SMILES string of the molecule is NC(=O)C(F)=Cc1ccc(F)c(-n2nc(-c3ccc(C(F)(F)F)cc3)c3cccnc32)c1F. The zero-order chi connectivity index (χ0) is 23.9. The number of benzene rings is 2. The van der Waals surface area contributed by atoms with E-state index in [4.69, 9.17) is 5.73 Å². The fourth-order valence-electron chi connectivity index (χ4n) is 3.21. The van der Waals surface area contributed by atoms with Crippen molar-refractivity contribution in [1.82, 2.24) is 14.8 Å². The van der Waals surface area contributed by atoms with Gasteiger partial charge in [0.2, 0.25) is 0 Å². The number of amides is 1. The lowest BCUT2D eigenvalue weighted by Crippen LogP contribution is -2.11. The number of pyridine rings is 1. The van der Waals surface area contributed by atoms with E-state index < -0.39 is 46.4 Å². The van der Waals surface area contributed by atoms with Gasteiger partial charge in [0.05, 0.1) is 5.56 Å². The smallest absolute Gasteiger partial charge is 0.364 e. The van der Waals surface area contributed by atoms with Crippen LogP contribution in [0.3, 0.4) is 0 Å². The van der Waals surface area contributed by atoms with Gasteiger partial charge in [-0.05, 0) is 42.5 Å². The molecule has 0 spiro atoms. The first kappa shape index (κ1) is 22.1. The third-order valence-corrected chi connectivity index (χ3v) is 4.75. The van der Waals surface area contributed by atoms with Crippen molar-refractivity contribution in [3.8, 4) is 16.9 Å². The van der Waals surface area contributed by atoms with Crippen molar-refractivity contribution in [1.29, 1.82) is 0 Å². The van der Waals surface area contributed by atoms with Gasteiger partial charge in [-0.25, -0.2) is 22.8 Å². The molecular formula is C22H12F6N4O. The highest BCUT2D eigenvalue weighted by molar-refractivity contribution is 5.94. The Labute approximate surface area is 181 Å². The predicted molar refractivity (Wildman–Crippen MR) is 107 cm³/mol. The van der Waals surface area contributed by atoms with Crippen LogP contribution in [0.4, 0.5) is 26.3 Å². The van der Waals surface area contributed by atoms with E-state index in [-0.39, 0.29) is 16.9 Å². The molecule has 4 rings (SSSR count). The van der Waals surface area contributed by atoms with E-state index in [1.165, 1.54) is 30.5 Å². The second-order valence-electron chi connectivity index (χ2n) is 6.87. The van der Waals surface area contributed by atoms with Crippen LogP contribution in [-0.2, 0) is 11.0 Å². The number of primary amides is 1. The van der Waals surface area contributed by atoms with E-state index in [2.05, 4.69) is 10.1 Å². The Bertz CT molecular complexity index is 1410. The summed E-state index contributed by atoms with van der Waals surface area (Å²) in [4.78, 5) is 15.0. The summed E-state index contributed by atoms with van der Waals surface area (Å²) < 4.78 is 83.0. The highest BCUT2D eigenvalue weighted by Gasteiger charge is 2.30. The van der Waals surface area contributed by atoms with Crippen LogP contribution < -0.4 is 5.73 Å². The summed E-state index contributed by atoms with van der Waals surface area (Å²) in [6.45, 7) is 0. The van der Waals surface area contributed by atoms with Crippen molar-refractivity contribution >= 4 is 23.0 Å². The Hall–Kier alpha value is -4.15. The number of rotatable bonds is 4. The molecule has 2 aromatic carbocycles. The van der Waals surface area contributed by atoms with Crippen molar-refractivity contribution in [3.05, 3.63) is 83.3 Å². The van der Waals surface area contributed by atoms with Crippen LogP contribution in [0.1, 0.15) is 11.1 Å². The molecule has 2 aromatic heterocycles. The molecule has 11 heteroatoms. The number of carbonyl (C=O) groups excluding carboxylic acids is 1. The van der Waals surface area contributed by atoms with Crippen LogP contribution >= 0.6 is 0 Å². The zero-order valence-electron chi connectivity index (χ0n) is 16.4. The number of alkyl halides is 3. The first-order chi connectivity index (χ1) is 15.6. The van der Waals surface area contributed by atoms with Crippen molar-refractivity contribution in [2.24, 2.45) is 5.73 Å². The second kappa shape index (κ2) is 8.08. The molecular weight excluding hydrogens is 450 g/mol. The van der Waals surface area contributed by atoms with Crippen LogP contribution in [0.2, 0.25) is 0 Å². The van der Waals surface area contributed by atoms with E-state index in [1.54, 1.807) is 0 Å². The van der Waals surface area contributed by atoms with E-state index in [1.807, 2.05) is 0 Å². The predicted octanol–water partition coefficient (Wildman–Crippen LogP) is 5.18. The maximum atomic E-state index is 15.1. The van der Waals surface area contributed by atoms with E-state index >= 15 is 4.39 Å². The first-order valence-corrected chi connectivity index (χ1v) is 9.24. The average Bonchev–Trinajstić information content (AvgIpc) is 3.14. The van der Waals surface area contributed by atoms with Crippen molar-refractivity contribution in [2.75, 3.05) is 0 Å². The summed E-state index contributed by atoms with van der Waals surface area (Å²) in [6.07, 6.45) is -2.69. The van der Waals surface area contributed by atoms with Gasteiger partial charge < -0.3 is 5.73 Å². The number of halogens is 6. The fraction of sp³-hybridized carbons (Fsp3) is 0.0455. The number of carbonyl (C=O) groups is 1.